The van der Waals surface area contributed by atoms with Crippen molar-refractivity contribution in [1.29, 1.82) is 0 Å². The number of allylic oxidation sites excluding steroid dienone is 3. The normalized spacial score (nSPS) is 20.1. The average molecular weight is 470 g/mol. The molecule has 1 aromatic carbocycles. The largest absolute Gasteiger partial charge is 0.362 e. The first-order valence-corrected chi connectivity index (χ1v) is 12.4. The number of Topliss-reactive ketones (excluding diaryl/α,β-unsaturated/α-hetero) is 1. The van der Waals surface area contributed by atoms with E-state index in [4.69, 9.17) is 0 Å². The number of ketones is 1. The molecular weight excluding hydrogens is 442 g/mol. The van der Waals surface area contributed by atoms with Crippen molar-refractivity contribution in [3.05, 3.63) is 104 Å². The van der Waals surface area contributed by atoms with E-state index in [0.29, 0.717) is 17.8 Å². The molecule has 0 spiro atoms. The standard InChI is InChI=1S/C28H27N3O2S/c1-16-9-10-23(29-15-16)31-28(33)24-18(3)30-21-13-20(19-7-5-4-6-8-19)14-22(32)25(21)26(24)27-17(2)11-12-34-27/h4-12,15,20,26,30H,13-14H2,1-3H3,(H,29,31,33)/t20-,26+/m1/s1. The lowest BCUT2D eigenvalue weighted by Gasteiger charge is -2.36. The number of benzene rings is 1. The summed E-state index contributed by atoms with van der Waals surface area (Å²) in [6, 6.07) is 16.0. The first-order valence-electron chi connectivity index (χ1n) is 11.5. The number of pyridine rings is 1. The lowest BCUT2D eigenvalue weighted by atomic mass is 9.73. The molecule has 3 heterocycles. The summed E-state index contributed by atoms with van der Waals surface area (Å²) in [5.74, 6) is 0.114. The van der Waals surface area contributed by atoms with Crippen LogP contribution >= 0.6 is 11.3 Å². The van der Waals surface area contributed by atoms with Crippen LogP contribution in [0.1, 0.15) is 53.2 Å². The van der Waals surface area contributed by atoms with Gasteiger partial charge >= 0.3 is 0 Å². The number of hydrogen-bond donors (Lipinski definition) is 2. The zero-order chi connectivity index (χ0) is 23.8. The van der Waals surface area contributed by atoms with Crippen molar-refractivity contribution in [2.24, 2.45) is 0 Å². The van der Waals surface area contributed by atoms with Crippen molar-refractivity contribution < 1.29 is 9.59 Å². The zero-order valence-corrected chi connectivity index (χ0v) is 20.3. The van der Waals surface area contributed by atoms with Crippen LogP contribution in [0.5, 0.6) is 0 Å². The van der Waals surface area contributed by atoms with Crippen LogP contribution < -0.4 is 10.6 Å². The number of amides is 1. The molecule has 0 saturated carbocycles. The second-order valence-corrected chi connectivity index (χ2v) is 10.0. The van der Waals surface area contributed by atoms with E-state index in [1.165, 1.54) is 5.56 Å². The van der Waals surface area contributed by atoms with E-state index < -0.39 is 0 Å². The highest BCUT2D eigenvalue weighted by Crippen LogP contribution is 2.47. The number of carbonyl (C=O) groups is 2. The highest BCUT2D eigenvalue weighted by molar-refractivity contribution is 7.10. The molecule has 5 nitrogen and oxygen atoms in total. The van der Waals surface area contributed by atoms with Gasteiger partial charge in [0.25, 0.3) is 5.91 Å². The Hall–Kier alpha value is -3.51. The van der Waals surface area contributed by atoms with Gasteiger partial charge in [-0.25, -0.2) is 4.98 Å². The summed E-state index contributed by atoms with van der Waals surface area (Å²) >= 11 is 1.60. The predicted molar refractivity (Wildman–Crippen MR) is 136 cm³/mol. The summed E-state index contributed by atoms with van der Waals surface area (Å²) in [6.45, 7) is 5.92. The van der Waals surface area contributed by atoms with Crippen LogP contribution in [0.25, 0.3) is 0 Å². The molecular formula is C28H27N3O2S. The van der Waals surface area contributed by atoms with E-state index in [1.807, 2.05) is 50.4 Å². The predicted octanol–water partition coefficient (Wildman–Crippen LogP) is 5.76. The molecule has 2 atom stereocenters. The maximum absolute atomic E-state index is 13.6. The molecule has 6 heteroatoms. The molecule has 2 aliphatic rings. The Labute approximate surface area is 203 Å². The number of dihydropyridines is 1. The van der Waals surface area contributed by atoms with Crippen molar-refractivity contribution in [1.82, 2.24) is 10.3 Å². The number of carbonyl (C=O) groups excluding carboxylic acids is 2. The molecule has 0 bridgehead atoms. The first-order chi connectivity index (χ1) is 16.4. The van der Waals surface area contributed by atoms with Crippen LogP contribution in [0.15, 0.2) is 82.6 Å². The molecule has 34 heavy (non-hydrogen) atoms. The van der Waals surface area contributed by atoms with Crippen LogP contribution in [0.3, 0.4) is 0 Å². The SMILES string of the molecule is CC1=C(C(=O)Nc2ccc(C)cn2)[C@H](c2sccc2C)C2=C(C[C@@H](c3ccccc3)CC2=O)N1. The van der Waals surface area contributed by atoms with Crippen molar-refractivity contribution in [2.75, 3.05) is 5.32 Å². The third-order valence-corrected chi connectivity index (χ3v) is 7.74. The number of aryl methyl sites for hydroxylation is 2. The van der Waals surface area contributed by atoms with Crippen LogP contribution in [0.4, 0.5) is 5.82 Å². The van der Waals surface area contributed by atoms with Gasteiger partial charge in [0, 0.05) is 40.0 Å². The van der Waals surface area contributed by atoms with Gasteiger partial charge in [0.2, 0.25) is 0 Å². The Morgan fingerprint density at radius 1 is 1.06 bits per heavy atom. The monoisotopic (exact) mass is 469 g/mol. The van der Waals surface area contributed by atoms with E-state index in [9.17, 15) is 9.59 Å². The van der Waals surface area contributed by atoms with Crippen LogP contribution in [-0.2, 0) is 9.59 Å². The molecule has 0 saturated heterocycles. The highest BCUT2D eigenvalue weighted by atomic mass is 32.1. The topological polar surface area (TPSA) is 71.1 Å². The van der Waals surface area contributed by atoms with Crippen LogP contribution in [0.2, 0.25) is 0 Å². The minimum atomic E-state index is -0.383. The Morgan fingerprint density at radius 3 is 2.53 bits per heavy atom. The van der Waals surface area contributed by atoms with E-state index >= 15 is 0 Å². The van der Waals surface area contributed by atoms with Crippen molar-refractivity contribution in [2.45, 2.75) is 45.4 Å². The molecule has 172 valence electrons. The second-order valence-electron chi connectivity index (χ2n) is 9.07. The maximum atomic E-state index is 13.6. The van der Waals surface area contributed by atoms with E-state index in [2.05, 4.69) is 33.8 Å². The molecule has 1 aliphatic carbocycles. The fourth-order valence-corrected chi connectivity index (χ4v) is 6.01. The second kappa shape index (κ2) is 9.03. The lowest BCUT2D eigenvalue weighted by Crippen LogP contribution is -2.37. The Balaban J connectivity index is 1.55. The number of nitrogens with one attached hydrogen (secondary N) is 2. The summed E-state index contributed by atoms with van der Waals surface area (Å²) in [5, 5.41) is 8.42. The molecule has 1 amide bonds. The quantitative estimate of drug-likeness (QED) is 0.510. The summed E-state index contributed by atoms with van der Waals surface area (Å²) in [4.78, 5) is 32.6. The Kier molecular flexibility index (Phi) is 5.92. The van der Waals surface area contributed by atoms with Crippen molar-refractivity contribution in [3.8, 4) is 0 Å². The highest BCUT2D eigenvalue weighted by Gasteiger charge is 2.41. The van der Waals surface area contributed by atoms with Crippen LogP contribution in [0, 0.1) is 13.8 Å². The van der Waals surface area contributed by atoms with E-state index in [1.54, 1.807) is 23.6 Å². The molecule has 0 radical (unpaired) electrons. The zero-order valence-electron chi connectivity index (χ0n) is 19.5. The van der Waals surface area contributed by atoms with Gasteiger partial charge in [-0.05, 0) is 67.3 Å². The van der Waals surface area contributed by atoms with Gasteiger partial charge in [-0.2, -0.15) is 0 Å². The fraction of sp³-hybridized carbons (Fsp3) is 0.250. The average Bonchev–Trinajstić information content (AvgIpc) is 3.25. The fourth-order valence-electron chi connectivity index (χ4n) is 4.97. The number of anilines is 1. The first kappa shape index (κ1) is 22.3. The van der Waals surface area contributed by atoms with Gasteiger partial charge in [0.05, 0.1) is 5.92 Å². The van der Waals surface area contributed by atoms with Crippen LogP contribution in [-0.4, -0.2) is 16.7 Å². The summed E-state index contributed by atoms with van der Waals surface area (Å²) in [5.41, 5.74) is 6.31. The molecule has 0 fully saturated rings. The summed E-state index contributed by atoms with van der Waals surface area (Å²) < 4.78 is 0. The minimum absolute atomic E-state index is 0.103. The Morgan fingerprint density at radius 2 is 1.85 bits per heavy atom. The van der Waals surface area contributed by atoms with Gasteiger partial charge < -0.3 is 10.6 Å². The number of aromatic nitrogens is 1. The number of hydrogen-bond acceptors (Lipinski definition) is 5. The molecule has 3 aromatic rings. The summed E-state index contributed by atoms with van der Waals surface area (Å²) in [6.07, 6.45) is 2.92. The number of thiophene rings is 1. The smallest absolute Gasteiger partial charge is 0.255 e. The Bertz CT molecular complexity index is 1320. The van der Waals surface area contributed by atoms with E-state index in [0.717, 1.165) is 39.4 Å². The van der Waals surface area contributed by atoms with Gasteiger partial charge in [0.15, 0.2) is 5.78 Å². The third kappa shape index (κ3) is 4.10. The van der Waals surface area contributed by atoms with Crippen molar-refractivity contribution >= 4 is 28.8 Å². The third-order valence-electron chi connectivity index (χ3n) is 6.66. The molecule has 1 aliphatic heterocycles. The maximum Gasteiger partial charge on any atom is 0.255 e. The molecule has 0 unspecified atom stereocenters. The van der Waals surface area contributed by atoms with Gasteiger partial charge in [0.1, 0.15) is 5.82 Å². The van der Waals surface area contributed by atoms with Gasteiger partial charge in [-0.1, -0.05) is 36.4 Å². The molecule has 2 aromatic heterocycles. The summed E-state index contributed by atoms with van der Waals surface area (Å²) in [7, 11) is 0. The lowest BCUT2D eigenvalue weighted by molar-refractivity contribution is -0.116. The number of rotatable bonds is 4. The van der Waals surface area contributed by atoms with Gasteiger partial charge in [-0.15, -0.1) is 11.3 Å². The molecule has 2 N–H and O–H groups in total. The minimum Gasteiger partial charge on any atom is -0.362 e. The molecule has 5 rings (SSSR count). The van der Waals surface area contributed by atoms with Gasteiger partial charge in [-0.3, -0.25) is 9.59 Å². The number of nitrogens with zero attached hydrogens (tertiary/aromatic N) is 1. The van der Waals surface area contributed by atoms with E-state index in [-0.39, 0.29) is 23.5 Å². The van der Waals surface area contributed by atoms with Crippen molar-refractivity contribution in [3.63, 3.8) is 0 Å².